The number of carbonyl (C=O) groups is 1. The molecule has 0 heterocycles. The number of hydrogen-bond acceptors (Lipinski definition) is 4. The van der Waals surface area contributed by atoms with Gasteiger partial charge >= 0.3 is 0 Å². The molecule has 0 unspecified atom stereocenters. The first-order valence-corrected chi connectivity index (χ1v) is 6.69. The van der Waals surface area contributed by atoms with Crippen molar-refractivity contribution in [3.8, 4) is 5.75 Å². The standard InChI is InChI=1S/C17H17N3O2/c1-22-16-5-2-4-13(12-16)17(21)20-15-8-6-14(7-9-15)19-11-3-10-18/h2-12H,18H2,1H3,(H,20,21). The maximum absolute atomic E-state index is 12.2. The number of aliphatic imine (C=N–C) groups is 1. The maximum Gasteiger partial charge on any atom is 0.255 e. The van der Waals surface area contributed by atoms with Crippen molar-refractivity contribution in [3.63, 3.8) is 0 Å². The van der Waals surface area contributed by atoms with Gasteiger partial charge in [0.15, 0.2) is 0 Å². The summed E-state index contributed by atoms with van der Waals surface area (Å²) < 4.78 is 5.11. The number of carbonyl (C=O) groups excluding carboxylic acids is 1. The van der Waals surface area contributed by atoms with Crippen LogP contribution in [0.15, 0.2) is 65.8 Å². The highest BCUT2D eigenvalue weighted by atomic mass is 16.5. The van der Waals surface area contributed by atoms with Crippen molar-refractivity contribution in [1.82, 2.24) is 0 Å². The van der Waals surface area contributed by atoms with Crippen LogP contribution in [0.3, 0.4) is 0 Å². The van der Waals surface area contributed by atoms with Crippen LogP contribution in [-0.4, -0.2) is 19.2 Å². The van der Waals surface area contributed by atoms with Gasteiger partial charge in [0.1, 0.15) is 5.75 Å². The molecule has 0 saturated carbocycles. The van der Waals surface area contributed by atoms with E-state index in [0.29, 0.717) is 17.0 Å². The molecular formula is C17H17N3O2. The van der Waals surface area contributed by atoms with Gasteiger partial charge in [0, 0.05) is 17.5 Å². The Morgan fingerprint density at radius 3 is 2.68 bits per heavy atom. The van der Waals surface area contributed by atoms with Gasteiger partial charge < -0.3 is 15.8 Å². The number of amides is 1. The molecule has 2 rings (SSSR count). The van der Waals surface area contributed by atoms with Crippen molar-refractivity contribution >= 4 is 23.5 Å². The number of ether oxygens (including phenoxy) is 1. The van der Waals surface area contributed by atoms with E-state index >= 15 is 0 Å². The molecule has 22 heavy (non-hydrogen) atoms. The first-order valence-electron chi connectivity index (χ1n) is 6.69. The van der Waals surface area contributed by atoms with Gasteiger partial charge in [0.25, 0.3) is 5.91 Å². The molecule has 112 valence electrons. The molecule has 3 N–H and O–H groups in total. The molecular weight excluding hydrogens is 278 g/mol. The van der Waals surface area contributed by atoms with E-state index in [0.717, 1.165) is 5.69 Å². The fourth-order valence-corrected chi connectivity index (χ4v) is 1.78. The third-order valence-electron chi connectivity index (χ3n) is 2.88. The third-order valence-corrected chi connectivity index (χ3v) is 2.88. The molecule has 0 radical (unpaired) electrons. The minimum Gasteiger partial charge on any atom is -0.497 e. The van der Waals surface area contributed by atoms with E-state index in [4.69, 9.17) is 10.5 Å². The number of hydrogen-bond donors (Lipinski definition) is 2. The second-order valence-electron chi connectivity index (χ2n) is 4.40. The second kappa shape index (κ2) is 7.64. The number of nitrogens with two attached hydrogens (primary N) is 1. The van der Waals surface area contributed by atoms with Crippen molar-refractivity contribution in [1.29, 1.82) is 0 Å². The molecule has 5 nitrogen and oxygen atoms in total. The molecule has 0 aliphatic heterocycles. The minimum absolute atomic E-state index is 0.193. The Kier molecular flexibility index (Phi) is 5.31. The molecule has 0 spiro atoms. The van der Waals surface area contributed by atoms with E-state index in [1.54, 1.807) is 55.8 Å². The van der Waals surface area contributed by atoms with Gasteiger partial charge in [-0.3, -0.25) is 9.79 Å². The predicted molar refractivity (Wildman–Crippen MR) is 88.9 cm³/mol. The van der Waals surface area contributed by atoms with Crippen LogP contribution < -0.4 is 15.8 Å². The third kappa shape index (κ3) is 4.21. The summed E-state index contributed by atoms with van der Waals surface area (Å²) in [4.78, 5) is 16.3. The number of nitrogens with zero attached hydrogens (tertiary/aromatic N) is 1. The highest BCUT2D eigenvalue weighted by Gasteiger charge is 2.06. The summed E-state index contributed by atoms with van der Waals surface area (Å²) in [6.07, 6.45) is 4.65. The van der Waals surface area contributed by atoms with Crippen LogP contribution in [0, 0.1) is 0 Å². The SMILES string of the molecule is COc1cccc(C(=O)Nc2ccc(N=CC=CN)cc2)c1. The maximum atomic E-state index is 12.2. The molecule has 0 saturated heterocycles. The van der Waals surface area contributed by atoms with E-state index in [9.17, 15) is 4.79 Å². The lowest BCUT2D eigenvalue weighted by molar-refractivity contribution is 0.102. The Morgan fingerprint density at radius 2 is 2.00 bits per heavy atom. The van der Waals surface area contributed by atoms with Crippen molar-refractivity contribution in [2.75, 3.05) is 12.4 Å². The number of nitrogens with one attached hydrogen (secondary N) is 1. The summed E-state index contributed by atoms with van der Waals surface area (Å²) in [5.41, 5.74) is 7.23. The fourth-order valence-electron chi connectivity index (χ4n) is 1.78. The molecule has 0 aliphatic carbocycles. The number of benzene rings is 2. The lowest BCUT2D eigenvalue weighted by Gasteiger charge is -2.07. The first-order chi connectivity index (χ1) is 10.7. The zero-order valence-corrected chi connectivity index (χ0v) is 12.2. The minimum atomic E-state index is -0.193. The summed E-state index contributed by atoms with van der Waals surface area (Å²) in [6.45, 7) is 0. The summed E-state index contributed by atoms with van der Waals surface area (Å²) >= 11 is 0. The topological polar surface area (TPSA) is 76.7 Å². The molecule has 2 aromatic carbocycles. The van der Waals surface area contributed by atoms with Crippen LogP contribution >= 0.6 is 0 Å². The van der Waals surface area contributed by atoms with E-state index < -0.39 is 0 Å². The number of allylic oxidation sites excluding steroid dienone is 1. The van der Waals surface area contributed by atoms with Crippen LogP contribution in [0.2, 0.25) is 0 Å². The Labute approximate surface area is 129 Å². The Bertz CT molecular complexity index is 691. The normalized spacial score (nSPS) is 11.0. The molecule has 0 aliphatic rings. The highest BCUT2D eigenvalue weighted by Crippen LogP contribution is 2.18. The molecule has 0 atom stereocenters. The summed E-state index contributed by atoms with van der Waals surface area (Å²) in [5, 5.41) is 2.82. The van der Waals surface area contributed by atoms with Gasteiger partial charge in [-0.25, -0.2) is 0 Å². The van der Waals surface area contributed by atoms with Crippen molar-refractivity contribution in [2.45, 2.75) is 0 Å². The highest BCUT2D eigenvalue weighted by molar-refractivity contribution is 6.04. The first kappa shape index (κ1) is 15.3. The van der Waals surface area contributed by atoms with E-state index in [1.807, 2.05) is 12.1 Å². The molecule has 0 bridgehead atoms. The smallest absolute Gasteiger partial charge is 0.255 e. The zero-order chi connectivity index (χ0) is 15.8. The number of methoxy groups -OCH3 is 1. The molecule has 0 fully saturated rings. The van der Waals surface area contributed by atoms with Gasteiger partial charge in [-0.15, -0.1) is 0 Å². The summed E-state index contributed by atoms with van der Waals surface area (Å²) in [6, 6.07) is 14.2. The Hall–Kier alpha value is -3.08. The predicted octanol–water partition coefficient (Wildman–Crippen LogP) is 3.12. The average molecular weight is 295 g/mol. The Balaban J connectivity index is 2.05. The van der Waals surface area contributed by atoms with Crippen molar-refractivity contribution in [2.24, 2.45) is 10.7 Å². The number of rotatable bonds is 5. The molecule has 5 heteroatoms. The Morgan fingerprint density at radius 1 is 1.23 bits per heavy atom. The zero-order valence-electron chi connectivity index (χ0n) is 12.2. The molecule has 1 amide bonds. The largest absolute Gasteiger partial charge is 0.497 e. The van der Waals surface area contributed by atoms with E-state index in [2.05, 4.69) is 10.3 Å². The lowest BCUT2D eigenvalue weighted by atomic mass is 10.2. The molecule has 2 aromatic rings. The quantitative estimate of drug-likeness (QED) is 0.832. The number of anilines is 1. The van der Waals surface area contributed by atoms with Crippen molar-refractivity contribution in [3.05, 3.63) is 66.4 Å². The van der Waals surface area contributed by atoms with Crippen LogP contribution in [0.25, 0.3) is 0 Å². The van der Waals surface area contributed by atoms with Gasteiger partial charge in [-0.1, -0.05) is 6.07 Å². The van der Waals surface area contributed by atoms with Gasteiger partial charge in [0.2, 0.25) is 0 Å². The monoisotopic (exact) mass is 295 g/mol. The van der Waals surface area contributed by atoms with Crippen LogP contribution in [0.1, 0.15) is 10.4 Å². The molecule has 0 aromatic heterocycles. The van der Waals surface area contributed by atoms with Crippen molar-refractivity contribution < 1.29 is 9.53 Å². The lowest BCUT2D eigenvalue weighted by Crippen LogP contribution is -2.11. The van der Waals surface area contributed by atoms with Crippen LogP contribution in [0.5, 0.6) is 5.75 Å². The van der Waals surface area contributed by atoms with Crippen LogP contribution in [0.4, 0.5) is 11.4 Å². The van der Waals surface area contributed by atoms with Gasteiger partial charge in [-0.2, -0.15) is 0 Å². The second-order valence-corrected chi connectivity index (χ2v) is 4.40. The average Bonchev–Trinajstić information content (AvgIpc) is 2.56. The fraction of sp³-hybridized carbons (Fsp3) is 0.0588. The van der Waals surface area contributed by atoms with E-state index in [1.165, 1.54) is 6.20 Å². The van der Waals surface area contributed by atoms with Gasteiger partial charge in [-0.05, 0) is 54.7 Å². The van der Waals surface area contributed by atoms with Crippen LogP contribution in [-0.2, 0) is 0 Å². The summed E-state index contributed by atoms with van der Waals surface area (Å²) in [7, 11) is 1.57. The summed E-state index contributed by atoms with van der Waals surface area (Å²) in [5.74, 6) is 0.450. The van der Waals surface area contributed by atoms with E-state index in [-0.39, 0.29) is 5.91 Å². The van der Waals surface area contributed by atoms with Gasteiger partial charge in [0.05, 0.1) is 12.8 Å².